The van der Waals surface area contributed by atoms with Gasteiger partial charge < -0.3 is 75.2 Å². The quantitative estimate of drug-likeness (QED) is 0.101. The fourth-order valence-electron chi connectivity index (χ4n) is 6.56. The number of amides is 2. The first-order valence-corrected chi connectivity index (χ1v) is 16.1. The Morgan fingerprint density at radius 1 is 0.863 bits per heavy atom. The summed E-state index contributed by atoms with van der Waals surface area (Å²) in [5, 5.41) is 87.6. The fourth-order valence-corrected chi connectivity index (χ4v) is 6.56. The Hall–Kier alpha value is -3.79. The molecule has 12 atom stereocenters. The number of aliphatic carboxylic acids is 1. The van der Waals surface area contributed by atoms with Crippen molar-refractivity contribution in [3.63, 3.8) is 0 Å². The van der Waals surface area contributed by atoms with Crippen LogP contribution in [-0.4, -0.2) is 152 Å². The van der Waals surface area contributed by atoms with E-state index < -0.39 is 104 Å². The van der Waals surface area contributed by atoms with Gasteiger partial charge in [-0.3, -0.25) is 4.79 Å². The molecule has 18 heteroatoms. The number of carbonyl (C=O) groups is 3. The lowest BCUT2D eigenvalue weighted by Crippen LogP contribution is -2.76. The molecule has 0 radical (unpaired) electrons. The zero-order valence-corrected chi connectivity index (χ0v) is 27.5. The van der Waals surface area contributed by atoms with Crippen LogP contribution in [0, 0.1) is 0 Å². The zero-order valence-electron chi connectivity index (χ0n) is 27.5. The van der Waals surface area contributed by atoms with E-state index in [4.69, 9.17) is 23.7 Å². The number of nitrogens with one attached hydrogen (secondary N) is 2. The molecule has 2 aromatic rings. The largest absolute Gasteiger partial charge is 0.480 e. The molecule has 2 aliphatic heterocycles. The van der Waals surface area contributed by atoms with Crippen molar-refractivity contribution in [1.82, 2.24) is 10.6 Å². The van der Waals surface area contributed by atoms with Gasteiger partial charge in [0.25, 0.3) is 0 Å². The summed E-state index contributed by atoms with van der Waals surface area (Å²) in [6, 6.07) is 13.3. The first-order chi connectivity index (χ1) is 24.2. The first kappa shape index (κ1) is 38.4. The van der Waals surface area contributed by atoms with Gasteiger partial charge in [-0.05, 0) is 29.2 Å². The standard InChI is InChI=1S/C33H42N2O16/c1-14(23(29(43)44)34-32(45)47-13-20-18-9-5-3-7-16(18)17-8-4-6-10-19(17)20)48-31-33(46,35-15(2)38)28(25(40)22(12-37)50-31)51-30-27(42)26(41)24(39)21(11-36)49-30/h3-10,14,20-28,30-31,36-37,39-42,46H,11-13H2,1-2H3,(H,34,45)(H,35,38)(H,43,44)/t14-,21-,22-,23+,24+,25+,26+,27-,28+,30+,31+,33-/m1/s1. The average molecular weight is 723 g/mol. The summed E-state index contributed by atoms with van der Waals surface area (Å²) in [5.41, 5.74) is 0.881. The lowest BCUT2D eigenvalue weighted by molar-refractivity contribution is -0.393. The summed E-state index contributed by atoms with van der Waals surface area (Å²) in [5.74, 6) is -2.86. The number of rotatable bonds is 12. The summed E-state index contributed by atoms with van der Waals surface area (Å²) < 4.78 is 27.7. The van der Waals surface area contributed by atoms with Crippen LogP contribution in [-0.2, 0) is 33.3 Å². The van der Waals surface area contributed by atoms with Crippen LogP contribution in [0.25, 0.3) is 11.1 Å². The summed E-state index contributed by atoms with van der Waals surface area (Å²) in [6.45, 7) is 0.245. The van der Waals surface area contributed by atoms with Crippen molar-refractivity contribution in [1.29, 1.82) is 0 Å². The van der Waals surface area contributed by atoms with Gasteiger partial charge in [0, 0.05) is 12.8 Å². The van der Waals surface area contributed by atoms with Crippen molar-refractivity contribution in [2.75, 3.05) is 19.8 Å². The maximum absolute atomic E-state index is 13.0. The minimum Gasteiger partial charge on any atom is -0.480 e. The molecule has 5 rings (SSSR count). The third-order valence-electron chi connectivity index (χ3n) is 9.16. The van der Waals surface area contributed by atoms with E-state index in [0.29, 0.717) is 0 Å². The Kier molecular flexibility index (Phi) is 11.9. The number of alkyl carbamates (subject to hydrolysis) is 1. The third-order valence-corrected chi connectivity index (χ3v) is 9.16. The SMILES string of the molecule is CC(=O)N[C@]1(O)[C@@H](O[C@H](C)[C@H](NC(=O)OCC2c3ccccc3-c3ccccc32)C(=O)O)O[C@H](CO)[C@H](O)[C@@H]1O[C@@H]1O[C@H](CO)[C@H](O)[C@H](O)[C@H]1O. The molecule has 0 unspecified atom stereocenters. The highest BCUT2D eigenvalue weighted by molar-refractivity contribution is 5.81. The van der Waals surface area contributed by atoms with Crippen molar-refractivity contribution < 1.29 is 78.9 Å². The fraction of sp³-hybridized carbons (Fsp3) is 0.545. The van der Waals surface area contributed by atoms with E-state index in [1.165, 1.54) is 6.92 Å². The third kappa shape index (κ3) is 7.71. The minimum atomic E-state index is -2.92. The summed E-state index contributed by atoms with van der Waals surface area (Å²) in [7, 11) is 0. The van der Waals surface area contributed by atoms with E-state index in [1.807, 2.05) is 48.5 Å². The summed E-state index contributed by atoms with van der Waals surface area (Å²) in [4.78, 5) is 37.6. The number of carbonyl (C=O) groups excluding carboxylic acids is 2. The van der Waals surface area contributed by atoms with Gasteiger partial charge in [-0.2, -0.15) is 0 Å². The van der Waals surface area contributed by atoms with Crippen LogP contribution < -0.4 is 10.6 Å². The minimum absolute atomic E-state index is 0.136. The topological polar surface area (TPSA) is 283 Å². The van der Waals surface area contributed by atoms with E-state index >= 15 is 0 Å². The molecule has 2 heterocycles. The molecule has 2 aromatic carbocycles. The molecule has 0 spiro atoms. The molecule has 18 nitrogen and oxygen atoms in total. The highest BCUT2D eigenvalue weighted by Gasteiger charge is 2.60. The molecular weight excluding hydrogens is 680 g/mol. The van der Waals surface area contributed by atoms with E-state index in [-0.39, 0.29) is 12.5 Å². The molecule has 0 aromatic heterocycles. The molecular formula is C33H42N2O16. The van der Waals surface area contributed by atoms with Gasteiger partial charge in [0.2, 0.25) is 17.9 Å². The van der Waals surface area contributed by atoms with Crippen molar-refractivity contribution in [2.45, 2.75) is 92.9 Å². The Morgan fingerprint density at radius 3 is 1.98 bits per heavy atom. The van der Waals surface area contributed by atoms with Crippen LogP contribution in [0.3, 0.4) is 0 Å². The number of aliphatic hydroxyl groups excluding tert-OH is 6. The van der Waals surface area contributed by atoms with E-state index in [1.54, 1.807) is 0 Å². The maximum atomic E-state index is 13.0. The number of carboxylic acid groups (broad SMARTS) is 1. The molecule has 280 valence electrons. The number of aliphatic hydroxyl groups is 7. The van der Waals surface area contributed by atoms with Crippen LogP contribution >= 0.6 is 0 Å². The second-order valence-electron chi connectivity index (χ2n) is 12.6. The van der Waals surface area contributed by atoms with Gasteiger partial charge in [-0.15, -0.1) is 0 Å². The van der Waals surface area contributed by atoms with Crippen LogP contribution in [0.4, 0.5) is 4.79 Å². The zero-order chi connectivity index (χ0) is 37.2. The number of benzene rings is 2. The normalized spacial score (nSPS) is 33.0. The Balaban J connectivity index is 1.32. The van der Waals surface area contributed by atoms with E-state index in [9.17, 15) is 55.2 Å². The van der Waals surface area contributed by atoms with Gasteiger partial charge in [0.05, 0.1) is 19.3 Å². The average Bonchev–Trinajstić information content (AvgIpc) is 3.42. The number of hydrogen-bond donors (Lipinski definition) is 10. The highest BCUT2D eigenvalue weighted by Crippen LogP contribution is 2.44. The predicted molar refractivity (Wildman–Crippen MR) is 169 cm³/mol. The lowest BCUT2D eigenvalue weighted by Gasteiger charge is -2.51. The first-order valence-electron chi connectivity index (χ1n) is 16.1. The number of fused-ring (bicyclic) bond motifs is 3. The predicted octanol–water partition coefficient (Wildman–Crippen LogP) is -2.53. The second-order valence-corrected chi connectivity index (χ2v) is 12.6. The summed E-state index contributed by atoms with van der Waals surface area (Å²) >= 11 is 0. The molecule has 2 saturated heterocycles. The van der Waals surface area contributed by atoms with Gasteiger partial charge in [0.1, 0.15) is 49.3 Å². The molecule has 51 heavy (non-hydrogen) atoms. The maximum Gasteiger partial charge on any atom is 0.407 e. The second kappa shape index (κ2) is 15.8. The Labute approximate surface area is 291 Å². The van der Waals surface area contributed by atoms with Crippen molar-refractivity contribution in [2.24, 2.45) is 0 Å². The van der Waals surface area contributed by atoms with Gasteiger partial charge >= 0.3 is 12.1 Å². The number of ether oxygens (including phenoxy) is 5. The molecule has 0 saturated carbocycles. The Bertz CT molecular complexity index is 1510. The monoisotopic (exact) mass is 722 g/mol. The molecule has 0 bridgehead atoms. The van der Waals surface area contributed by atoms with Crippen LogP contribution in [0.15, 0.2) is 48.5 Å². The van der Waals surface area contributed by atoms with Crippen molar-refractivity contribution in [3.05, 3.63) is 59.7 Å². The lowest BCUT2D eigenvalue weighted by atomic mass is 9.92. The molecule has 10 N–H and O–H groups in total. The van der Waals surface area contributed by atoms with E-state index in [2.05, 4.69) is 10.6 Å². The molecule has 1 aliphatic carbocycles. The van der Waals surface area contributed by atoms with Gasteiger partial charge in [0.15, 0.2) is 12.3 Å². The number of hydrogen-bond acceptors (Lipinski definition) is 15. The summed E-state index contributed by atoms with van der Waals surface area (Å²) in [6.07, 6.45) is -19.6. The molecule has 2 amide bonds. The van der Waals surface area contributed by atoms with Gasteiger partial charge in [-0.25, -0.2) is 9.59 Å². The molecule has 2 fully saturated rings. The van der Waals surface area contributed by atoms with Crippen LogP contribution in [0.5, 0.6) is 0 Å². The van der Waals surface area contributed by atoms with Crippen molar-refractivity contribution in [3.8, 4) is 11.1 Å². The smallest absolute Gasteiger partial charge is 0.407 e. The van der Waals surface area contributed by atoms with E-state index in [0.717, 1.165) is 29.2 Å². The highest BCUT2D eigenvalue weighted by atomic mass is 16.7. The Morgan fingerprint density at radius 2 is 1.43 bits per heavy atom. The molecule has 3 aliphatic rings. The van der Waals surface area contributed by atoms with Crippen LogP contribution in [0.2, 0.25) is 0 Å². The van der Waals surface area contributed by atoms with Crippen LogP contribution in [0.1, 0.15) is 30.9 Å². The van der Waals surface area contributed by atoms with Gasteiger partial charge in [-0.1, -0.05) is 48.5 Å². The van der Waals surface area contributed by atoms with Crippen molar-refractivity contribution >= 4 is 18.0 Å². The number of carboxylic acids is 1.